The van der Waals surface area contributed by atoms with Crippen LogP contribution in [0.1, 0.15) is 32.1 Å². The third-order valence-electron chi connectivity index (χ3n) is 4.64. The average Bonchev–Trinajstić information content (AvgIpc) is 2.93. The molecule has 26 heavy (non-hydrogen) atoms. The Morgan fingerprint density at radius 3 is 2.38 bits per heavy atom. The molecule has 2 aliphatic rings. The number of hydrogen-bond acceptors (Lipinski definition) is 4. The number of ether oxygens (including phenoxy) is 1. The van der Waals surface area contributed by atoms with Crippen LogP contribution in [0, 0.1) is 6.92 Å². The van der Waals surface area contributed by atoms with Crippen LogP contribution in [0.15, 0.2) is 0 Å². The van der Waals surface area contributed by atoms with E-state index in [-0.39, 0.29) is 35.5 Å². The van der Waals surface area contributed by atoms with Gasteiger partial charge in [0.2, 0.25) is 0 Å². The molecule has 3 heterocycles. The van der Waals surface area contributed by atoms with Crippen LogP contribution in [0.5, 0.6) is 0 Å². The molecule has 11 heteroatoms. The summed E-state index contributed by atoms with van der Waals surface area (Å²) in [5.41, 5.74) is -3.45. The molecule has 1 unspecified atom stereocenters. The van der Waals surface area contributed by atoms with Gasteiger partial charge >= 0.3 is 12.1 Å². The van der Waals surface area contributed by atoms with Gasteiger partial charge in [-0.15, -0.1) is 0 Å². The number of carbonyl (C=O) groups excluding carboxylic acids is 2. The lowest BCUT2D eigenvalue weighted by Crippen LogP contribution is -2.71. The molecule has 0 radical (unpaired) electrons. The zero-order valence-corrected chi connectivity index (χ0v) is 13.4. The number of Topliss-reactive ketones (excluding diaryl/α,β-unsaturated/α-hetero) is 1. The molecular weight excluding hydrogens is 364 g/mol. The number of carbonyl (C=O) groups is 3. The molecule has 0 aromatic carbocycles. The van der Waals surface area contributed by atoms with Crippen LogP contribution in [0.4, 0.5) is 17.6 Å². The van der Waals surface area contributed by atoms with E-state index in [1.807, 2.05) is 0 Å². The summed E-state index contributed by atoms with van der Waals surface area (Å²) in [6.07, 6.45) is -6.56. The molecule has 0 bridgehead atoms. The molecule has 1 aromatic heterocycles. The number of amides is 1. The SMILES string of the molecule is Cc1c(C(=O)C(=O)NC2(C(F)(F)F)COC2)c2n(c1C(=O)O)CC(F)C2. The van der Waals surface area contributed by atoms with E-state index in [9.17, 15) is 37.1 Å². The minimum absolute atomic E-state index is 0.00142. The number of alkyl halides is 4. The van der Waals surface area contributed by atoms with Crippen molar-refractivity contribution in [3.8, 4) is 0 Å². The van der Waals surface area contributed by atoms with E-state index in [2.05, 4.69) is 4.74 Å². The van der Waals surface area contributed by atoms with Gasteiger partial charge in [0.1, 0.15) is 11.9 Å². The monoisotopic (exact) mass is 378 g/mol. The van der Waals surface area contributed by atoms with Gasteiger partial charge in [-0.05, 0) is 12.5 Å². The number of carboxylic acid groups (broad SMARTS) is 1. The van der Waals surface area contributed by atoms with Crippen molar-refractivity contribution in [2.75, 3.05) is 13.2 Å². The Bertz CT molecular complexity index is 810. The maximum atomic E-state index is 13.7. The maximum absolute atomic E-state index is 13.7. The Morgan fingerprint density at radius 1 is 1.31 bits per heavy atom. The van der Waals surface area contributed by atoms with E-state index < -0.39 is 48.8 Å². The topological polar surface area (TPSA) is 97.6 Å². The summed E-state index contributed by atoms with van der Waals surface area (Å²) in [6.45, 7) is -0.688. The highest BCUT2D eigenvalue weighted by molar-refractivity contribution is 6.43. The first-order chi connectivity index (χ1) is 12.0. The lowest BCUT2D eigenvalue weighted by atomic mass is 9.95. The van der Waals surface area contributed by atoms with Crippen LogP contribution >= 0.6 is 0 Å². The number of carboxylic acids is 1. The summed E-state index contributed by atoms with van der Waals surface area (Å²) >= 11 is 0. The van der Waals surface area contributed by atoms with Gasteiger partial charge in [-0.3, -0.25) is 9.59 Å². The van der Waals surface area contributed by atoms with Gasteiger partial charge in [-0.1, -0.05) is 0 Å². The standard InChI is InChI=1S/C15H14F4N2O5/c1-6-9(8-2-7(16)3-21(8)10(6)13(24)25)11(22)12(23)20-14(4-26-5-14)15(17,18)19/h7H,2-5H2,1H3,(H,20,23)(H,24,25). The molecule has 1 saturated heterocycles. The molecule has 142 valence electrons. The normalized spacial score (nSPS) is 21.0. The second-order valence-corrected chi connectivity index (χ2v) is 6.37. The van der Waals surface area contributed by atoms with Crippen molar-refractivity contribution in [1.29, 1.82) is 0 Å². The quantitative estimate of drug-likeness (QED) is 0.463. The average molecular weight is 378 g/mol. The van der Waals surface area contributed by atoms with Gasteiger partial charge in [0.25, 0.3) is 11.7 Å². The summed E-state index contributed by atoms with van der Waals surface area (Å²) in [5.74, 6) is -4.29. The van der Waals surface area contributed by atoms with E-state index in [1.54, 1.807) is 5.32 Å². The minimum Gasteiger partial charge on any atom is -0.477 e. The van der Waals surface area contributed by atoms with E-state index in [0.717, 1.165) is 4.57 Å². The van der Waals surface area contributed by atoms with Crippen LogP contribution < -0.4 is 5.32 Å². The van der Waals surface area contributed by atoms with Crippen molar-refractivity contribution in [2.24, 2.45) is 0 Å². The van der Waals surface area contributed by atoms with Gasteiger partial charge in [0.15, 0.2) is 5.54 Å². The van der Waals surface area contributed by atoms with Gasteiger partial charge in [0, 0.05) is 12.1 Å². The highest BCUT2D eigenvalue weighted by Gasteiger charge is 2.61. The van der Waals surface area contributed by atoms with Crippen molar-refractivity contribution in [2.45, 2.75) is 37.8 Å². The van der Waals surface area contributed by atoms with Crippen molar-refractivity contribution in [3.05, 3.63) is 22.5 Å². The fourth-order valence-electron chi connectivity index (χ4n) is 3.27. The van der Waals surface area contributed by atoms with Crippen LogP contribution in [0.3, 0.4) is 0 Å². The highest BCUT2D eigenvalue weighted by Crippen LogP contribution is 2.36. The number of rotatable bonds is 4. The Morgan fingerprint density at radius 2 is 1.92 bits per heavy atom. The zero-order chi connectivity index (χ0) is 19.4. The zero-order valence-electron chi connectivity index (χ0n) is 13.4. The first kappa shape index (κ1) is 18.4. The largest absolute Gasteiger partial charge is 0.477 e. The summed E-state index contributed by atoms with van der Waals surface area (Å²) < 4.78 is 58.6. The highest BCUT2D eigenvalue weighted by atomic mass is 19.4. The molecule has 1 atom stereocenters. The number of ketones is 1. The molecule has 2 aliphatic heterocycles. The Kier molecular flexibility index (Phi) is 4.09. The molecule has 0 spiro atoms. The molecule has 2 N–H and O–H groups in total. The second-order valence-electron chi connectivity index (χ2n) is 6.37. The Hall–Kier alpha value is -2.43. The molecule has 3 rings (SSSR count). The third kappa shape index (κ3) is 2.57. The van der Waals surface area contributed by atoms with Crippen molar-refractivity contribution < 1.29 is 41.8 Å². The van der Waals surface area contributed by atoms with E-state index in [0.29, 0.717) is 0 Å². The molecule has 1 aromatic rings. The van der Waals surface area contributed by atoms with Crippen LogP contribution in [-0.2, 0) is 22.5 Å². The first-order valence-electron chi connectivity index (χ1n) is 7.59. The lowest BCUT2D eigenvalue weighted by molar-refractivity contribution is -0.265. The minimum atomic E-state index is -4.82. The van der Waals surface area contributed by atoms with Crippen molar-refractivity contribution >= 4 is 17.7 Å². The van der Waals surface area contributed by atoms with Gasteiger partial charge in [0.05, 0.1) is 25.3 Å². The maximum Gasteiger partial charge on any atom is 0.416 e. The van der Waals surface area contributed by atoms with Crippen LogP contribution in [-0.4, -0.2) is 58.4 Å². The van der Waals surface area contributed by atoms with Crippen molar-refractivity contribution in [3.63, 3.8) is 0 Å². The van der Waals surface area contributed by atoms with E-state index in [1.165, 1.54) is 6.92 Å². The van der Waals surface area contributed by atoms with Gasteiger partial charge < -0.3 is 19.7 Å². The van der Waals surface area contributed by atoms with E-state index in [4.69, 9.17) is 0 Å². The summed E-state index contributed by atoms with van der Waals surface area (Å²) in [5, 5.41) is 10.9. The fraction of sp³-hybridized carbons (Fsp3) is 0.533. The molecule has 0 saturated carbocycles. The second kappa shape index (κ2) is 5.79. The first-order valence-corrected chi connectivity index (χ1v) is 7.59. The summed E-state index contributed by atoms with van der Waals surface area (Å²) in [6, 6.07) is 0. The molecule has 1 amide bonds. The molecule has 1 fully saturated rings. The number of nitrogens with zero attached hydrogens (tertiary/aromatic N) is 1. The van der Waals surface area contributed by atoms with E-state index >= 15 is 0 Å². The third-order valence-corrected chi connectivity index (χ3v) is 4.64. The predicted molar refractivity (Wildman–Crippen MR) is 76.8 cm³/mol. The number of nitrogens with one attached hydrogen (secondary N) is 1. The number of aromatic carboxylic acids is 1. The van der Waals surface area contributed by atoms with Gasteiger partial charge in [-0.2, -0.15) is 13.2 Å². The van der Waals surface area contributed by atoms with Gasteiger partial charge in [-0.25, -0.2) is 9.18 Å². The van der Waals surface area contributed by atoms with Crippen molar-refractivity contribution in [1.82, 2.24) is 9.88 Å². The Labute approximate surface area is 143 Å². The summed E-state index contributed by atoms with van der Waals surface area (Å²) in [7, 11) is 0. The smallest absolute Gasteiger partial charge is 0.416 e. The summed E-state index contributed by atoms with van der Waals surface area (Å²) in [4.78, 5) is 36.0. The molecule has 7 nitrogen and oxygen atoms in total. The van der Waals surface area contributed by atoms with Crippen LogP contribution in [0.2, 0.25) is 0 Å². The Balaban J connectivity index is 1.95. The van der Waals surface area contributed by atoms with Crippen LogP contribution in [0.25, 0.3) is 0 Å². The predicted octanol–water partition coefficient (Wildman–Crippen LogP) is 1.02. The number of hydrogen-bond donors (Lipinski definition) is 2. The fourth-order valence-corrected chi connectivity index (χ4v) is 3.27. The number of halogens is 4. The number of aromatic nitrogens is 1. The number of fused-ring (bicyclic) bond motifs is 1. The molecular formula is C15H14F4N2O5. The lowest BCUT2D eigenvalue weighted by Gasteiger charge is -2.42. The molecule has 0 aliphatic carbocycles.